The predicted octanol–water partition coefficient (Wildman–Crippen LogP) is 11.3. The molecule has 0 unspecified atom stereocenters. The summed E-state index contributed by atoms with van der Waals surface area (Å²) in [7, 11) is 0. The van der Waals surface area contributed by atoms with Crippen LogP contribution in [0.5, 0.6) is 11.5 Å². The molecule has 5 nitrogen and oxygen atoms in total. The van der Waals surface area contributed by atoms with Crippen LogP contribution in [0.2, 0.25) is 0 Å². The second-order valence-corrected chi connectivity index (χ2v) is 15.0. The molecule has 7 aromatic rings. The third-order valence-electron chi connectivity index (χ3n) is 9.04. The Kier molecular flexibility index (Phi) is 9.67. The van der Waals surface area contributed by atoms with Crippen molar-refractivity contribution in [2.24, 2.45) is 0 Å². The van der Waals surface area contributed by atoms with Crippen LogP contribution in [0.15, 0.2) is 97.2 Å². The number of nitrogens with zero attached hydrogens (tertiary/aromatic N) is 4. The maximum Gasteiger partial charge on any atom is 2.00 e. The molecule has 3 heterocycles. The van der Waals surface area contributed by atoms with E-state index in [2.05, 4.69) is 156 Å². The second-order valence-electron chi connectivity index (χ2n) is 15.0. The SMILES string of the molecule is CCCc1nn(-c2[c-]c(Oc3[c-]c4c(cc3)c3ccccc3n4-c3cc(C(C)(C)C)ccn3)cc(C)c2)c(C(C)(C)C)c1-c1ccccc1.[Pt+2]. The Bertz CT molecular complexity index is 2300. The fraction of sp³-hybridized carbons (Fsp3) is 0.273. The van der Waals surface area contributed by atoms with Crippen LogP contribution in [0.1, 0.15) is 77.4 Å². The monoisotopic (exact) mass is 839 g/mol. The van der Waals surface area contributed by atoms with Gasteiger partial charge in [0.2, 0.25) is 0 Å². The van der Waals surface area contributed by atoms with Gasteiger partial charge in [-0.2, -0.15) is 16.7 Å². The first-order valence-corrected chi connectivity index (χ1v) is 17.2. The molecule has 0 spiro atoms. The van der Waals surface area contributed by atoms with Crippen molar-refractivity contribution in [3.8, 4) is 34.1 Å². The predicted molar refractivity (Wildman–Crippen MR) is 201 cm³/mol. The van der Waals surface area contributed by atoms with Gasteiger partial charge in [-0.15, -0.1) is 35.7 Å². The molecule has 50 heavy (non-hydrogen) atoms. The summed E-state index contributed by atoms with van der Waals surface area (Å²) < 4.78 is 10.9. The standard InChI is InChI=1S/C44H44N4O.Pt/c1-9-15-37-41(30-16-11-10-12-17-30)42(44(6,7)8)48(46-37)32-24-29(2)25-34(27-32)49-33-20-21-36-35-18-13-14-19-38(35)47(39(36)28-33)40-26-31(22-23-45-40)43(3,4)5;/h10-14,16-26H,9,15H2,1-8H3;/q-2;+2. The third-order valence-corrected chi connectivity index (χ3v) is 9.04. The molecule has 0 saturated heterocycles. The molecule has 0 bridgehead atoms. The molecule has 3 aromatic heterocycles. The van der Waals surface area contributed by atoms with Crippen molar-refractivity contribution in [3.63, 3.8) is 0 Å². The Labute approximate surface area is 310 Å². The van der Waals surface area contributed by atoms with Crippen LogP contribution in [0.4, 0.5) is 0 Å². The van der Waals surface area contributed by atoms with Crippen molar-refractivity contribution >= 4 is 21.8 Å². The number of aromatic nitrogens is 4. The fourth-order valence-electron chi connectivity index (χ4n) is 6.78. The van der Waals surface area contributed by atoms with Gasteiger partial charge in [-0.3, -0.25) is 4.68 Å². The summed E-state index contributed by atoms with van der Waals surface area (Å²) in [6.07, 6.45) is 3.81. The van der Waals surface area contributed by atoms with E-state index in [-0.39, 0.29) is 31.9 Å². The molecule has 0 aliphatic carbocycles. The van der Waals surface area contributed by atoms with E-state index in [0.29, 0.717) is 11.5 Å². The summed E-state index contributed by atoms with van der Waals surface area (Å²) in [5.74, 6) is 2.10. The van der Waals surface area contributed by atoms with Crippen LogP contribution in [0.25, 0.3) is 44.4 Å². The first-order chi connectivity index (χ1) is 23.4. The molecule has 0 amide bonds. The molecule has 0 fully saturated rings. The first-order valence-electron chi connectivity index (χ1n) is 17.2. The summed E-state index contributed by atoms with van der Waals surface area (Å²) in [4.78, 5) is 4.82. The van der Waals surface area contributed by atoms with Crippen molar-refractivity contribution in [3.05, 3.63) is 132 Å². The fourth-order valence-corrected chi connectivity index (χ4v) is 6.78. The van der Waals surface area contributed by atoms with Gasteiger partial charge < -0.3 is 9.30 Å². The van der Waals surface area contributed by atoms with Crippen molar-refractivity contribution in [2.75, 3.05) is 0 Å². The minimum Gasteiger partial charge on any atom is -0.509 e. The molecule has 0 aliphatic heterocycles. The smallest absolute Gasteiger partial charge is 0.509 e. The zero-order chi connectivity index (χ0) is 34.5. The van der Waals surface area contributed by atoms with Crippen molar-refractivity contribution in [2.45, 2.75) is 79.1 Å². The third kappa shape index (κ3) is 6.68. The second kappa shape index (κ2) is 13.7. The van der Waals surface area contributed by atoms with Crippen LogP contribution >= 0.6 is 0 Å². The molecule has 0 N–H and O–H groups in total. The van der Waals surface area contributed by atoms with Gasteiger partial charge in [-0.05, 0) is 52.2 Å². The summed E-state index contributed by atoms with van der Waals surface area (Å²) >= 11 is 0. The average Bonchev–Trinajstić information content (AvgIpc) is 3.61. The van der Waals surface area contributed by atoms with Gasteiger partial charge in [0, 0.05) is 34.2 Å². The van der Waals surface area contributed by atoms with Crippen molar-refractivity contribution < 1.29 is 25.8 Å². The molecule has 0 atom stereocenters. The first kappa shape index (κ1) is 35.4. The minimum absolute atomic E-state index is 0. The topological polar surface area (TPSA) is 44.9 Å². The quantitative estimate of drug-likeness (QED) is 0.150. The molecule has 4 aromatic carbocycles. The summed E-state index contributed by atoms with van der Waals surface area (Å²) in [5.41, 5.74) is 9.64. The van der Waals surface area contributed by atoms with E-state index in [4.69, 9.17) is 14.8 Å². The molecule has 0 saturated carbocycles. The van der Waals surface area contributed by atoms with E-state index in [1.54, 1.807) is 0 Å². The van der Waals surface area contributed by atoms with E-state index in [9.17, 15) is 0 Å². The van der Waals surface area contributed by atoms with Gasteiger partial charge in [0.1, 0.15) is 5.82 Å². The number of aryl methyl sites for hydroxylation is 2. The van der Waals surface area contributed by atoms with Gasteiger partial charge >= 0.3 is 21.1 Å². The normalized spacial score (nSPS) is 12.0. The van der Waals surface area contributed by atoms with Crippen molar-refractivity contribution in [1.82, 2.24) is 19.3 Å². The number of fused-ring (bicyclic) bond motifs is 3. The van der Waals surface area contributed by atoms with Crippen LogP contribution in [-0.2, 0) is 38.3 Å². The number of para-hydroxylation sites is 1. The number of benzene rings is 4. The van der Waals surface area contributed by atoms with Crippen molar-refractivity contribution in [1.29, 1.82) is 0 Å². The summed E-state index contributed by atoms with van der Waals surface area (Å²) in [5, 5.41) is 7.50. The van der Waals surface area contributed by atoms with Gasteiger partial charge in [-0.25, -0.2) is 4.98 Å². The van der Waals surface area contributed by atoms with Gasteiger partial charge in [-0.1, -0.05) is 116 Å². The van der Waals surface area contributed by atoms with Gasteiger partial charge in [0.05, 0.1) is 11.4 Å². The van der Waals surface area contributed by atoms with Crippen LogP contribution in [0, 0.1) is 19.1 Å². The van der Waals surface area contributed by atoms with E-state index < -0.39 is 0 Å². The Morgan fingerprint density at radius 1 is 0.760 bits per heavy atom. The Balaban J connectivity index is 0.00000432. The van der Waals surface area contributed by atoms with E-state index in [1.165, 1.54) is 16.7 Å². The van der Waals surface area contributed by atoms with Gasteiger partial charge in [0.15, 0.2) is 0 Å². The molecule has 0 aliphatic rings. The molecule has 7 rings (SSSR count). The number of pyridine rings is 1. The van der Waals surface area contributed by atoms with E-state index in [0.717, 1.165) is 63.1 Å². The zero-order valence-corrected chi connectivity index (χ0v) is 32.4. The summed E-state index contributed by atoms with van der Waals surface area (Å²) in [6, 6.07) is 38.8. The number of ether oxygens (including phenoxy) is 1. The minimum atomic E-state index is -0.173. The molecule has 0 radical (unpaired) electrons. The van der Waals surface area contributed by atoms with Gasteiger partial charge in [0.25, 0.3) is 0 Å². The Morgan fingerprint density at radius 2 is 1.50 bits per heavy atom. The van der Waals surface area contributed by atoms with Crippen LogP contribution < -0.4 is 4.74 Å². The Hall–Kier alpha value is -4.47. The summed E-state index contributed by atoms with van der Waals surface area (Å²) in [6.45, 7) is 17.7. The van der Waals surface area contributed by atoms with Crippen LogP contribution in [-0.4, -0.2) is 19.3 Å². The number of hydrogen-bond donors (Lipinski definition) is 0. The largest absolute Gasteiger partial charge is 2.00 e. The number of hydrogen-bond acceptors (Lipinski definition) is 3. The van der Waals surface area contributed by atoms with E-state index in [1.807, 2.05) is 18.3 Å². The van der Waals surface area contributed by atoms with E-state index >= 15 is 0 Å². The number of rotatable bonds is 7. The average molecular weight is 840 g/mol. The molecule has 6 heteroatoms. The zero-order valence-electron chi connectivity index (χ0n) is 30.2. The van der Waals surface area contributed by atoms with Crippen LogP contribution in [0.3, 0.4) is 0 Å². The molecular formula is C44H44N4OPt. The molecular weight excluding hydrogens is 796 g/mol. The molecule has 256 valence electrons. The maximum atomic E-state index is 6.60. The maximum absolute atomic E-state index is 6.60. The Morgan fingerprint density at radius 3 is 2.22 bits per heavy atom.